The molecular weight excluding hydrogens is 444 g/mol. The van der Waals surface area contributed by atoms with Crippen molar-refractivity contribution in [3.63, 3.8) is 0 Å². The first-order valence-electron chi connectivity index (χ1n) is 10.4. The zero-order valence-electron chi connectivity index (χ0n) is 18.2. The van der Waals surface area contributed by atoms with Crippen LogP contribution >= 0.6 is 0 Å². The standard InChI is InChI=1S/C23H24N4O7/c28-19(11-26(12-20(29)30)9-10-27(13-21(31)32)14-22(33)34)25-23-15-5-1-3-7-17(15)24-18-8-4-2-6-16(18)23/h1-8H,9-14H2,(H,29,30)(H,31,32)(H,33,34)(H,24,25,28). The lowest BCUT2D eigenvalue weighted by molar-refractivity contribution is -0.143. The minimum Gasteiger partial charge on any atom is -0.480 e. The number of nitrogens with zero attached hydrogens (tertiary/aromatic N) is 3. The molecule has 0 saturated heterocycles. The highest BCUT2D eigenvalue weighted by Gasteiger charge is 2.19. The van der Waals surface area contributed by atoms with E-state index in [0.29, 0.717) is 16.7 Å². The Balaban J connectivity index is 1.78. The number of carboxylic acid groups (broad SMARTS) is 3. The number of amides is 1. The summed E-state index contributed by atoms with van der Waals surface area (Å²) in [5.74, 6) is -4.05. The van der Waals surface area contributed by atoms with Gasteiger partial charge in [-0.15, -0.1) is 0 Å². The maximum atomic E-state index is 12.9. The Bertz CT molecular complexity index is 1160. The zero-order chi connectivity index (χ0) is 24.7. The Labute approximate surface area is 194 Å². The van der Waals surface area contributed by atoms with E-state index in [1.54, 1.807) is 0 Å². The summed E-state index contributed by atoms with van der Waals surface area (Å²) in [5.41, 5.74) is 1.94. The largest absolute Gasteiger partial charge is 0.480 e. The van der Waals surface area contributed by atoms with Gasteiger partial charge in [-0.1, -0.05) is 36.4 Å². The van der Waals surface area contributed by atoms with Crippen LogP contribution in [0, 0.1) is 0 Å². The Morgan fingerprint density at radius 3 is 1.53 bits per heavy atom. The minimum atomic E-state index is -1.21. The summed E-state index contributed by atoms with van der Waals surface area (Å²) in [6, 6.07) is 14.6. The van der Waals surface area contributed by atoms with E-state index in [1.165, 1.54) is 4.90 Å². The van der Waals surface area contributed by atoms with Crippen LogP contribution < -0.4 is 5.32 Å². The van der Waals surface area contributed by atoms with Crippen molar-refractivity contribution in [3.05, 3.63) is 48.5 Å². The number of fused-ring (bicyclic) bond motifs is 2. The molecule has 178 valence electrons. The highest BCUT2D eigenvalue weighted by atomic mass is 16.4. The van der Waals surface area contributed by atoms with Crippen LogP contribution in [0.2, 0.25) is 0 Å². The molecule has 1 heterocycles. The molecule has 1 amide bonds. The van der Waals surface area contributed by atoms with Crippen molar-refractivity contribution >= 4 is 51.3 Å². The van der Waals surface area contributed by atoms with Gasteiger partial charge in [0.25, 0.3) is 0 Å². The first-order valence-corrected chi connectivity index (χ1v) is 10.4. The molecule has 0 saturated carbocycles. The van der Waals surface area contributed by atoms with Crippen molar-refractivity contribution in [3.8, 4) is 0 Å². The number of carbonyl (C=O) groups excluding carboxylic acids is 1. The van der Waals surface area contributed by atoms with Crippen LogP contribution in [0.5, 0.6) is 0 Å². The summed E-state index contributed by atoms with van der Waals surface area (Å²) in [7, 11) is 0. The summed E-state index contributed by atoms with van der Waals surface area (Å²) in [4.78, 5) is 53.3. The lowest BCUT2D eigenvalue weighted by atomic mass is 10.1. The molecule has 0 spiro atoms. The molecule has 0 radical (unpaired) electrons. The second-order valence-electron chi connectivity index (χ2n) is 7.67. The molecule has 3 aromatic rings. The van der Waals surface area contributed by atoms with Gasteiger partial charge in [0, 0.05) is 23.9 Å². The van der Waals surface area contributed by atoms with E-state index in [-0.39, 0.29) is 19.6 Å². The van der Waals surface area contributed by atoms with Crippen LogP contribution in [-0.4, -0.2) is 93.2 Å². The van der Waals surface area contributed by atoms with Crippen molar-refractivity contribution in [2.45, 2.75) is 0 Å². The smallest absolute Gasteiger partial charge is 0.317 e. The third-order valence-electron chi connectivity index (χ3n) is 5.03. The van der Waals surface area contributed by atoms with Gasteiger partial charge < -0.3 is 20.6 Å². The molecular formula is C23H24N4O7. The van der Waals surface area contributed by atoms with Crippen molar-refractivity contribution in [1.82, 2.24) is 14.8 Å². The molecule has 0 bridgehead atoms. The van der Waals surface area contributed by atoms with E-state index in [4.69, 9.17) is 10.2 Å². The van der Waals surface area contributed by atoms with E-state index in [0.717, 1.165) is 15.7 Å². The average molecular weight is 468 g/mol. The second-order valence-corrected chi connectivity index (χ2v) is 7.67. The fraction of sp³-hybridized carbons (Fsp3) is 0.261. The number of aliphatic carboxylic acids is 3. The minimum absolute atomic E-state index is 0.0158. The maximum absolute atomic E-state index is 12.9. The molecule has 0 fully saturated rings. The SMILES string of the molecule is O=C(O)CN(CCN(CC(=O)O)CC(=O)Nc1c2ccccc2nc2ccccc12)CC(=O)O. The number of hydrogen-bond donors (Lipinski definition) is 4. The molecule has 2 aromatic carbocycles. The van der Waals surface area contributed by atoms with Gasteiger partial charge in [-0.2, -0.15) is 0 Å². The Hall–Kier alpha value is -4.09. The number of carbonyl (C=O) groups is 4. The van der Waals surface area contributed by atoms with Gasteiger partial charge in [-0.25, -0.2) is 4.98 Å². The number of pyridine rings is 1. The molecule has 1 aromatic heterocycles. The Kier molecular flexibility index (Phi) is 8.06. The van der Waals surface area contributed by atoms with Gasteiger partial charge >= 0.3 is 17.9 Å². The predicted octanol–water partition coefficient (Wildman–Crippen LogP) is 1.18. The van der Waals surface area contributed by atoms with Gasteiger partial charge in [0.05, 0.1) is 42.9 Å². The van der Waals surface area contributed by atoms with Gasteiger partial charge in [0.1, 0.15) is 0 Å². The number of nitrogens with one attached hydrogen (secondary N) is 1. The molecule has 11 nitrogen and oxygen atoms in total. The van der Waals surface area contributed by atoms with Crippen LogP contribution in [0.25, 0.3) is 21.8 Å². The van der Waals surface area contributed by atoms with Gasteiger partial charge in [-0.3, -0.25) is 29.0 Å². The quantitative estimate of drug-likeness (QED) is 0.284. The molecule has 0 aliphatic rings. The lowest BCUT2D eigenvalue weighted by Gasteiger charge is -2.24. The van der Waals surface area contributed by atoms with E-state index in [2.05, 4.69) is 10.3 Å². The average Bonchev–Trinajstić information content (AvgIpc) is 2.76. The number of aromatic nitrogens is 1. The maximum Gasteiger partial charge on any atom is 0.317 e. The fourth-order valence-corrected chi connectivity index (χ4v) is 3.64. The summed E-state index contributed by atoms with van der Waals surface area (Å²) >= 11 is 0. The number of rotatable bonds is 12. The van der Waals surface area contributed by atoms with Crippen LogP contribution in [0.1, 0.15) is 0 Å². The highest BCUT2D eigenvalue weighted by molar-refractivity contribution is 6.12. The fourth-order valence-electron chi connectivity index (χ4n) is 3.64. The molecule has 4 N–H and O–H groups in total. The topological polar surface area (TPSA) is 160 Å². The van der Waals surface area contributed by atoms with Gasteiger partial charge in [0.2, 0.25) is 5.91 Å². The number of hydrogen-bond acceptors (Lipinski definition) is 7. The Morgan fingerprint density at radius 1 is 0.676 bits per heavy atom. The molecule has 3 rings (SSSR count). The van der Waals surface area contributed by atoms with Crippen LogP contribution in [0.15, 0.2) is 48.5 Å². The second kappa shape index (κ2) is 11.2. The number of benzene rings is 2. The molecule has 0 unspecified atom stereocenters. The summed E-state index contributed by atoms with van der Waals surface area (Å²) in [6.45, 7) is -1.86. The van der Waals surface area contributed by atoms with E-state index < -0.39 is 43.4 Å². The normalized spacial score (nSPS) is 11.2. The number of para-hydroxylation sites is 2. The van der Waals surface area contributed by atoms with Crippen molar-refractivity contribution < 1.29 is 34.5 Å². The highest BCUT2D eigenvalue weighted by Crippen LogP contribution is 2.30. The third kappa shape index (κ3) is 6.70. The van der Waals surface area contributed by atoms with Crippen molar-refractivity contribution in [2.24, 2.45) is 0 Å². The summed E-state index contributed by atoms with van der Waals surface area (Å²) in [6.07, 6.45) is 0. The van der Waals surface area contributed by atoms with Crippen LogP contribution in [0.3, 0.4) is 0 Å². The monoisotopic (exact) mass is 468 g/mol. The molecule has 0 aliphatic heterocycles. The van der Waals surface area contributed by atoms with Gasteiger partial charge in [0.15, 0.2) is 0 Å². The third-order valence-corrected chi connectivity index (χ3v) is 5.03. The zero-order valence-corrected chi connectivity index (χ0v) is 18.2. The van der Waals surface area contributed by atoms with E-state index >= 15 is 0 Å². The molecule has 34 heavy (non-hydrogen) atoms. The lowest BCUT2D eigenvalue weighted by Crippen LogP contribution is -2.44. The Morgan fingerprint density at radius 2 is 1.09 bits per heavy atom. The number of anilines is 1. The van der Waals surface area contributed by atoms with Crippen LogP contribution in [-0.2, 0) is 19.2 Å². The summed E-state index contributed by atoms with van der Waals surface area (Å²) < 4.78 is 0. The molecule has 0 atom stereocenters. The number of carboxylic acids is 3. The first-order chi connectivity index (χ1) is 16.2. The van der Waals surface area contributed by atoms with Crippen LogP contribution in [0.4, 0.5) is 5.69 Å². The predicted molar refractivity (Wildman–Crippen MR) is 124 cm³/mol. The van der Waals surface area contributed by atoms with Crippen molar-refractivity contribution in [2.75, 3.05) is 44.6 Å². The molecule has 0 aliphatic carbocycles. The van der Waals surface area contributed by atoms with Crippen molar-refractivity contribution in [1.29, 1.82) is 0 Å². The van der Waals surface area contributed by atoms with E-state index in [1.807, 2.05) is 48.5 Å². The molecule has 11 heteroatoms. The van der Waals surface area contributed by atoms with Gasteiger partial charge in [-0.05, 0) is 12.1 Å². The summed E-state index contributed by atoms with van der Waals surface area (Å²) in [5, 5.41) is 31.5. The first kappa shape index (κ1) is 24.6. The van der Waals surface area contributed by atoms with E-state index in [9.17, 15) is 24.3 Å².